The van der Waals surface area contributed by atoms with Gasteiger partial charge in [-0.2, -0.15) is 0 Å². The maximum atomic E-state index is 6.41. The first kappa shape index (κ1) is 20.0. The van der Waals surface area contributed by atoms with Crippen LogP contribution in [0.1, 0.15) is 54.9 Å². The van der Waals surface area contributed by atoms with E-state index in [9.17, 15) is 0 Å². The molecule has 3 nitrogen and oxygen atoms in total. The minimum absolute atomic E-state index is 0.165. The van der Waals surface area contributed by atoms with Crippen LogP contribution in [0.5, 0.6) is 5.75 Å². The molecule has 1 aromatic rings. The van der Waals surface area contributed by atoms with Gasteiger partial charge in [-0.25, -0.2) is 0 Å². The summed E-state index contributed by atoms with van der Waals surface area (Å²) < 4.78 is 18.4. The molecule has 3 heteroatoms. The van der Waals surface area contributed by atoms with Crippen LogP contribution in [0.15, 0.2) is 30.3 Å². The van der Waals surface area contributed by atoms with Crippen molar-refractivity contribution in [2.24, 2.45) is 10.8 Å². The normalized spacial score (nSPS) is 15.3. The van der Waals surface area contributed by atoms with Gasteiger partial charge in [-0.1, -0.05) is 52.8 Å². The third-order valence-corrected chi connectivity index (χ3v) is 3.90. The third kappa shape index (κ3) is 5.82. The average Bonchev–Trinajstić information content (AvgIpc) is 2.43. The van der Waals surface area contributed by atoms with Gasteiger partial charge in [0, 0.05) is 18.6 Å². The van der Waals surface area contributed by atoms with Crippen molar-refractivity contribution >= 4 is 0 Å². The van der Waals surface area contributed by atoms with E-state index in [2.05, 4.69) is 34.6 Å². The second kappa shape index (κ2) is 8.16. The average molecular weight is 322 g/mol. The van der Waals surface area contributed by atoms with Crippen molar-refractivity contribution in [3.05, 3.63) is 30.3 Å². The predicted octanol–water partition coefficient (Wildman–Crippen LogP) is 5.30. The van der Waals surface area contributed by atoms with Crippen molar-refractivity contribution in [2.75, 3.05) is 19.8 Å². The molecule has 0 N–H and O–H groups in total. The number of para-hydroxylation sites is 1. The molecule has 132 valence electrons. The van der Waals surface area contributed by atoms with E-state index in [4.69, 9.17) is 14.2 Å². The van der Waals surface area contributed by atoms with Crippen LogP contribution in [0.25, 0.3) is 0 Å². The Morgan fingerprint density at radius 3 is 1.96 bits per heavy atom. The zero-order valence-electron chi connectivity index (χ0n) is 15.9. The number of ether oxygens (including phenoxy) is 3. The fourth-order valence-corrected chi connectivity index (χ4v) is 3.24. The van der Waals surface area contributed by atoms with Crippen LogP contribution in [-0.2, 0) is 9.47 Å². The first-order valence-electron chi connectivity index (χ1n) is 8.61. The second-order valence-electron chi connectivity index (χ2n) is 7.86. The van der Waals surface area contributed by atoms with Gasteiger partial charge in [0.05, 0.1) is 0 Å². The van der Waals surface area contributed by atoms with E-state index in [1.807, 2.05) is 44.2 Å². The molecule has 0 spiro atoms. The Bertz CT molecular complexity index is 448. The highest BCUT2D eigenvalue weighted by Gasteiger charge is 2.50. The van der Waals surface area contributed by atoms with E-state index in [-0.39, 0.29) is 10.8 Å². The van der Waals surface area contributed by atoms with Gasteiger partial charge in [0.15, 0.2) is 0 Å². The van der Waals surface area contributed by atoms with Crippen LogP contribution in [0.2, 0.25) is 0 Å². The second-order valence-corrected chi connectivity index (χ2v) is 7.86. The lowest BCUT2D eigenvalue weighted by atomic mass is 9.71. The minimum Gasteiger partial charge on any atom is -0.459 e. The Morgan fingerprint density at radius 2 is 1.48 bits per heavy atom. The molecule has 0 saturated carbocycles. The predicted molar refractivity (Wildman–Crippen MR) is 95.8 cm³/mol. The standard InChI is InChI=1S/C20H34O3/c1-8-21-16-20(22-9-2,19(6,7)15-18(3,4)5)23-17-13-11-10-12-14-17/h10-14H,8-9,15-16H2,1-7H3. The lowest BCUT2D eigenvalue weighted by molar-refractivity contribution is -0.274. The quantitative estimate of drug-likeness (QED) is 0.578. The van der Waals surface area contributed by atoms with Gasteiger partial charge in [-0.3, -0.25) is 0 Å². The molecule has 0 aliphatic rings. The fraction of sp³-hybridized carbons (Fsp3) is 0.700. The summed E-state index contributed by atoms with van der Waals surface area (Å²) in [6, 6.07) is 9.87. The number of hydrogen-bond donors (Lipinski definition) is 0. The Kier molecular flexibility index (Phi) is 7.09. The van der Waals surface area contributed by atoms with Gasteiger partial charge in [0.2, 0.25) is 5.79 Å². The Morgan fingerprint density at radius 1 is 0.870 bits per heavy atom. The summed E-state index contributed by atoms with van der Waals surface area (Å²) in [6.45, 7) is 16.8. The molecule has 1 atom stereocenters. The Balaban J connectivity index is 3.20. The summed E-state index contributed by atoms with van der Waals surface area (Å²) >= 11 is 0. The summed E-state index contributed by atoms with van der Waals surface area (Å²) in [5.41, 5.74) is -0.0512. The molecule has 1 unspecified atom stereocenters. The largest absolute Gasteiger partial charge is 0.459 e. The molecule has 0 aliphatic heterocycles. The van der Waals surface area contributed by atoms with Crippen molar-refractivity contribution in [3.8, 4) is 5.75 Å². The van der Waals surface area contributed by atoms with E-state index < -0.39 is 5.79 Å². The topological polar surface area (TPSA) is 27.7 Å². The number of benzene rings is 1. The SMILES string of the molecule is CCOCC(OCC)(Oc1ccccc1)C(C)(C)CC(C)(C)C. The minimum atomic E-state index is -0.813. The monoisotopic (exact) mass is 322 g/mol. The summed E-state index contributed by atoms with van der Waals surface area (Å²) in [6.07, 6.45) is 0.958. The lowest BCUT2D eigenvalue weighted by Crippen LogP contribution is -2.56. The highest BCUT2D eigenvalue weighted by Crippen LogP contribution is 2.44. The van der Waals surface area contributed by atoms with Crippen molar-refractivity contribution < 1.29 is 14.2 Å². The van der Waals surface area contributed by atoms with E-state index in [0.29, 0.717) is 19.8 Å². The molecule has 0 fully saturated rings. The van der Waals surface area contributed by atoms with Gasteiger partial charge in [-0.15, -0.1) is 0 Å². The molecule has 0 saturated heterocycles. The van der Waals surface area contributed by atoms with E-state index >= 15 is 0 Å². The maximum Gasteiger partial charge on any atom is 0.239 e. The van der Waals surface area contributed by atoms with Gasteiger partial charge in [0.1, 0.15) is 12.4 Å². The zero-order chi connectivity index (χ0) is 17.6. The molecule has 23 heavy (non-hydrogen) atoms. The van der Waals surface area contributed by atoms with Crippen LogP contribution in [0.4, 0.5) is 0 Å². The zero-order valence-corrected chi connectivity index (χ0v) is 15.9. The van der Waals surface area contributed by atoms with Crippen LogP contribution >= 0.6 is 0 Å². The van der Waals surface area contributed by atoms with Gasteiger partial charge in [-0.05, 0) is 37.8 Å². The van der Waals surface area contributed by atoms with Crippen LogP contribution in [0.3, 0.4) is 0 Å². The van der Waals surface area contributed by atoms with Gasteiger partial charge < -0.3 is 14.2 Å². The first-order valence-corrected chi connectivity index (χ1v) is 8.61. The molecule has 0 radical (unpaired) electrons. The van der Waals surface area contributed by atoms with Gasteiger partial charge in [0.25, 0.3) is 0 Å². The van der Waals surface area contributed by atoms with E-state index in [1.165, 1.54) is 0 Å². The Hall–Kier alpha value is -1.06. The lowest BCUT2D eigenvalue weighted by Gasteiger charge is -2.47. The molecule has 1 aromatic carbocycles. The van der Waals surface area contributed by atoms with Crippen molar-refractivity contribution in [1.82, 2.24) is 0 Å². The van der Waals surface area contributed by atoms with E-state index in [1.54, 1.807) is 0 Å². The van der Waals surface area contributed by atoms with Crippen LogP contribution in [-0.4, -0.2) is 25.6 Å². The van der Waals surface area contributed by atoms with Crippen molar-refractivity contribution in [2.45, 2.75) is 60.7 Å². The summed E-state index contributed by atoms with van der Waals surface area (Å²) in [7, 11) is 0. The molecular formula is C20H34O3. The maximum absolute atomic E-state index is 6.41. The molecule has 1 rings (SSSR count). The molecule has 0 heterocycles. The first-order chi connectivity index (χ1) is 10.7. The molecule has 0 amide bonds. The molecule has 0 bridgehead atoms. The van der Waals surface area contributed by atoms with Crippen LogP contribution in [0, 0.1) is 10.8 Å². The summed E-state index contributed by atoms with van der Waals surface area (Å²) in [4.78, 5) is 0. The van der Waals surface area contributed by atoms with Crippen molar-refractivity contribution in [1.29, 1.82) is 0 Å². The fourth-order valence-electron chi connectivity index (χ4n) is 3.24. The summed E-state index contributed by atoms with van der Waals surface area (Å²) in [5.74, 6) is -0.00510. The van der Waals surface area contributed by atoms with E-state index in [0.717, 1.165) is 12.2 Å². The summed E-state index contributed by atoms with van der Waals surface area (Å²) in [5, 5.41) is 0. The number of rotatable bonds is 9. The highest BCUT2D eigenvalue weighted by atomic mass is 16.7. The highest BCUT2D eigenvalue weighted by molar-refractivity contribution is 5.22. The van der Waals surface area contributed by atoms with Gasteiger partial charge >= 0.3 is 0 Å². The third-order valence-electron chi connectivity index (χ3n) is 3.90. The molecule has 0 aromatic heterocycles. The smallest absolute Gasteiger partial charge is 0.239 e. The molecular weight excluding hydrogens is 288 g/mol. The Labute approximate surface area is 142 Å². The molecule has 0 aliphatic carbocycles. The van der Waals surface area contributed by atoms with Crippen LogP contribution < -0.4 is 4.74 Å². The van der Waals surface area contributed by atoms with Crippen molar-refractivity contribution in [3.63, 3.8) is 0 Å². The number of hydrogen-bond acceptors (Lipinski definition) is 3.